The molecule has 1 aromatic heterocycles. The molecular weight excluding hydrogens is 272 g/mol. The Hall–Kier alpha value is -1.36. The van der Waals surface area contributed by atoms with Crippen molar-refractivity contribution in [2.75, 3.05) is 26.2 Å². The zero-order chi connectivity index (χ0) is 13.7. The number of thiophene rings is 1. The highest BCUT2D eigenvalue weighted by Gasteiger charge is 2.45. The van der Waals surface area contributed by atoms with E-state index >= 15 is 0 Å². The molecule has 2 atom stereocenters. The van der Waals surface area contributed by atoms with Gasteiger partial charge in [0.25, 0.3) is 5.91 Å². The van der Waals surface area contributed by atoms with Crippen LogP contribution in [0, 0.1) is 17.8 Å². The Labute approximate surface area is 122 Å². The predicted molar refractivity (Wildman–Crippen MR) is 76.5 cm³/mol. The Kier molecular flexibility index (Phi) is 2.84. The monoisotopic (exact) mass is 290 g/mol. The maximum atomic E-state index is 12.3. The molecule has 1 aromatic rings. The van der Waals surface area contributed by atoms with Gasteiger partial charge in [-0.25, -0.2) is 0 Å². The van der Waals surface area contributed by atoms with Gasteiger partial charge in [0.2, 0.25) is 5.91 Å². The molecule has 5 heteroatoms. The van der Waals surface area contributed by atoms with Gasteiger partial charge in [0.1, 0.15) is 0 Å². The second-order valence-electron chi connectivity index (χ2n) is 6.26. The fraction of sp³-hybridized carbons (Fsp3) is 0.600. The van der Waals surface area contributed by atoms with E-state index in [0.29, 0.717) is 23.7 Å². The molecule has 1 aliphatic carbocycles. The van der Waals surface area contributed by atoms with E-state index < -0.39 is 0 Å². The summed E-state index contributed by atoms with van der Waals surface area (Å²) in [4.78, 5) is 28.4. The third-order valence-electron chi connectivity index (χ3n) is 4.78. The summed E-state index contributed by atoms with van der Waals surface area (Å²) in [7, 11) is 0. The van der Waals surface area contributed by atoms with E-state index in [9.17, 15) is 9.59 Å². The Morgan fingerprint density at radius 1 is 1.05 bits per heavy atom. The molecule has 0 bridgehead atoms. The second kappa shape index (κ2) is 4.58. The first-order chi connectivity index (χ1) is 9.72. The summed E-state index contributed by atoms with van der Waals surface area (Å²) in [6.45, 7) is 3.34. The van der Waals surface area contributed by atoms with Gasteiger partial charge in [-0.1, -0.05) is 0 Å². The van der Waals surface area contributed by atoms with Crippen LogP contribution in [0.2, 0.25) is 0 Å². The minimum atomic E-state index is 0.153. The van der Waals surface area contributed by atoms with Gasteiger partial charge in [0, 0.05) is 49.3 Å². The maximum Gasteiger partial charge on any atom is 0.254 e. The molecule has 1 saturated carbocycles. The third kappa shape index (κ3) is 2.04. The summed E-state index contributed by atoms with van der Waals surface area (Å²) in [6.07, 6.45) is 2.15. The SMILES string of the molecule is O=C(c1ccsc1)N1CC2CN(C(=O)C3CC3)CC2C1. The molecule has 3 aliphatic rings. The number of amides is 2. The summed E-state index contributed by atoms with van der Waals surface area (Å²) < 4.78 is 0. The molecule has 2 saturated heterocycles. The van der Waals surface area contributed by atoms with Crippen LogP contribution in [0.3, 0.4) is 0 Å². The lowest BCUT2D eigenvalue weighted by Gasteiger charge is -2.21. The van der Waals surface area contributed by atoms with Crippen molar-refractivity contribution >= 4 is 23.2 Å². The van der Waals surface area contributed by atoms with Crippen molar-refractivity contribution in [2.24, 2.45) is 17.8 Å². The summed E-state index contributed by atoms with van der Waals surface area (Å²) in [5.41, 5.74) is 0.806. The summed E-state index contributed by atoms with van der Waals surface area (Å²) in [5.74, 6) is 1.80. The van der Waals surface area contributed by atoms with Gasteiger partial charge in [0.15, 0.2) is 0 Å². The van der Waals surface area contributed by atoms with Crippen molar-refractivity contribution in [3.8, 4) is 0 Å². The van der Waals surface area contributed by atoms with Gasteiger partial charge in [-0.2, -0.15) is 11.3 Å². The summed E-state index contributed by atoms with van der Waals surface area (Å²) in [5, 5.41) is 3.86. The average Bonchev–Trinajstić information content (AvgIpc) is 2.88. The van der Waals surface area contributed by atoms with E-state index in [2.05, 4.69) is 0 Å². The van der Waals surface area contributed by atoms with Crippen molar-refractivity contribution < 1.29 is 9.59 Å². The quantitative estimate of drug-likeness (QED) is 0.831. The molecule has 4 nitrogen and oxygen atoms in total. The highest BCUT2D eigenvalue weighted by Crippen LogP contribution is 2.37. The normalized spacial score (nSPS) is 28.8. The molecule has 2 amide bonds. The van der Waals surface area contributed by atoms with Crippen molar-refractivity contribution in [2.45, 2.75) is 12.8 Å². The van der Waals surface area contributed by atoms with Crippen LogP contribution in [0.15, 0.2) is 16.8 Å². The summed E-state index contributed by atoms with van der Waals surface area (Å²) in [6, 6.07) is 1.89. The molecule has 0 N–H and O–H groups in total. The van der Waals surface area contributed by atoms with Gasteiger partial charge in [-0.15, -0.1) is 0 Å². The maximum absolute atomic E-state index is 12.3. The minimum Gasteiger partial charge on any atom is -0.342 e. The smallest absolute Gasteiger partial charge is 0.254 e. The first-order valence-electron chi connectivity index (χ1n) is 7.32. The van der Waals surface area contributed by atoms with E-state index in [4.69, 9.17) is 0 Å². The Morgan fingerprint density at radius 2 is 1.70 bits per heavy atom. The van der Waals surface area contributed by atoms with Gasteiger partial charge in [0.05, 0.1) is 5.56 Å². The Bertz CT molecular complexity index is 524. The number of likely N-dealkylation sites (tertiary alicyclic amines) is 2. The zero-order valence-electron chi connectivity index (χ0n) is 11.3. The molecule has 4 rings (SSSR count). The van der Waals surface area contributed by atoms with Crippen molar-refractivity contribution in [1.82, 2.24) is 9.80 Å². The van der Waals surface area contributed by atoms with E-state index in [0.717, 1.165) is 44.6 Å². The Morgan fingerprint density at radius 3 is 2.25 bits per heavy atom. The highest BCUT2D eigenvalue weighted by molar-refractivity contribution is 7.08. The molecule has 0 aromatic carbocycles. The predicted octanol–water partition coefficient (Wildman–Crippen LogP) is 1.69. The first kappa shape index (κ1) is 12.4. The van der Waals surface area contributed by atoms with Crippen LogP contribution in [0.5, 0.6) is 0 Å². The van der Waals surface area contributed by atoms with Crippen LogP contribution in [0.4, 0.5) is 0 Å². The molecule has 3 heterocycles. The number of hydrogen-bond acceptors (Lipinski definition) is 3. The van der Waals surface area contributed by atoms with Gasteiger partial charge < -0.3 is 9.80 Å². The lowest BCUT2D eigenvalue weighted by molar-refractivity contribution is -0.131. The largest absolute Gasteiger partial charge is 0.342 e. The molecule has 106 valence electrons. The first-order valence-corrected chi connectivity index (χ1v) is 8.27. The van der Waals surface area contributed by atoms with E-state index in [1.54, 1.807) is 11.3 Å². The van der Waals surface area contributed by atoms with Gasteiger partial charge >= 0.3 is 0 Å². The zero-order valence-corrected chi connectivity index (χ0v) is 12.1. The number of carbonyl (C=O) groups is 2. The molecule has 0 radical (unpaired) electrons. The average molecular weight is 290 g/mol. The van der Waals surface area contributed by atoms with E-state index in [1.165, 1.54) is 0 Å². The van der Waals surface area contributed by atoms with Gasteiger partial charge in [-0.3, -0.25) is 9.59 Å². The highest BCUT2D eigenvalue weighted by atomic mass is 32.1. The number of carbonyl (C=O) groups excluding carboxylic acids is 2. The van der Waals surface area contributed by atoms with E-state index in [1.807, 2.05) is 26.6 Å². The van der Waals surface area contributed by atoms with Crippen molar-refractivity contribution in [1.29, 1.82) is 0 Å². The second-order valence-corrected chi connectivity index (χ2v) is 7.04. The topological polar surface area (TPSA) is 40.6 Å². The van der Waals surface area contributed by atoms with E-state index in [-0.39, 0.29) is 5.91 Å². The molecule has 0 spiro atoms. The number of hydrogen-bond donors (Lipinski definition) is 0. The molecule has 20 heavy (non-hydrogen) atoms. The number of rotatable bonds is 2. The van der Waals surface area contributed by atoms with Crippen LogP contribution in [0.1, 0.15) is 23.2 Å². The Balaban J connectivity index is 1.39. The lowest BCUT2D eigenvalue weighted by Crippen LogP contribution is -2.36. The van der Waals surface area contributed by atoms with Crippen LogP contribution >= 0.6 is 11.3 Å². The number of nitrogens with zero attached hydrogens (tertiary/aromatic N) is 2. The van der Waals surface area contributed by atoms with Crippen LogP contribution < -0.4 is 0 Å². The van der Waals surface area contributed by atoms with Gasteiger partial charge in [-0.05, 0) is 24.3 Å². The molecule has 3 fully saturated rings. The minimum absolute atomic E-state index is 0.153. The number of fused-ring (bicyclic) bond motifs is 1. The standard InChI is InChI=1S/C15H18N2O2S/c18-14(10-1-2-10)16-5-12-7-17(8-13(12)6-16)15(19)11-3-4-20-9-11/h3-4,9-10,12-13H,1-2,5-8H2. The molecule has 2 unspecified atom stereocenters. The van der Waals surface area contributed by atoms with Crippen LogP contribution in [-0.4, -0.2) is 47.8 Å². The fourth-order valence-electron chi connectivity index (χ4n) is 3.50. The summed E-state index contributed by atoms with van der Waals surface area (Å²) >= 11 is 1.56. The lowest BCUT2D eigenvalue weighted by atomic mass is 10.0. The molecule has 2 aliphatic heterocycles. The molecular formula is C15H18N2O2S. The van der Waals surface area contributed by atoms with Crippen molar-refractivity contribution in [3.63, 3.8) is 0 Å². The third-order valence-corrected chi connectivity index (χ3v) is 5.46. The fourth-order valence-corrected chi connectivity index (χ4v) is 4.13. The van der Waals surface area contributed by atoms with Crippen molar-refractivity contribution in [3.05, 3.63) is 22.4 Å². The van der Waals surface area contributed by atoms with Crippen LogP contribution in [0.25, 0.3) is 0 Å². The van der Waals surface area contributed by atoms with Crippen LogP contribution in [-0.2, 0) is 4.79 Å².